The lowest BCUT2D eigenvalue weighted by molar-refractivity contribution is 1.00. The molecule has 2 rings (SSSR count). The Balaban J connectivity index is 2.53. The van der Waals surface area contributed by atoms with E-state index in [0.717, 1.165) is 22.9 Å². The fraction of sp³-hybridized carbons (Fsp3) is 0.222. The molecule has 1 N–H and O–H groups in total. The fourth-order valence-electron chi connectivity index (χ4n) is 1.25. The fourth-order valence-corrected chi connectivity index (χ4v) is 1.25. The van der Waals surface area contributed by atoms with E-state index in [4.69, 9.17) is 0 Å². The molecule has 0 unspecified atom stereocenters. The summed E-state index contributed by atoms with van der Waals surface area (Å²) in [6.07, 6.45) is 1.78. The van der Waals surface area contributed by atoms with Gasteiger partial charge in [-0.1, -0.05) is 0 Å². The Hall–Kier alpha value is -1.71. The van der Waals surface area contributed by atoms with Crippen molar-refractivity contribution in [1.29, 1.82) is 0 Å². The number of nitrogens with zero attached hydrogens (tertiary/aromatic N) is 3. The van der Waals surface area contributed by atoms with E-state index in [2.05, 4.69) is 20.2 Å². The molecule has 66 valence electrons. The first-order valence-electron chi connectivity index (χ1n) is 4.08. The SMILES string of the molecule is Cc1cc(-c2cc[nH]n2)nc(C)n1. The highest BCUT2D eigenvalue weighted by Gasteiger charge is 2.02. The van der Waals surface area contributed by atoms with E-state index in [1.807, 2.05) is 26.0 Å². The van der Waals surface area contributed by atoms with Crippen LogP contribution in [0, 0.1) is 13.8 Å². The molecule has 2 aromatic rings. The van der Waals surface area contributed by atoms with Crippen molar-refractivity contribution in [3.63, 3.8) is 0 Å². The van der Waals surface area contributed by atoms with Crippen LogP contribution in [0.1, 0.15) is 11.5 Å². The average Bonchev–Trinajstić information content (AvgIpc) is 2.53. The normalized spacial score (nSPS) is 10.3. The lowest BCUT2D eigenvalue weighted by Gasteiger charge is -1.99. The minimum Gasteiger partial charge on any atom is -0.285 e. The zero-order chi connectivity index (χ0) is 9.26. The summed E-state index contributed by atoms with van der Waals surface area (Å²) in [7, 11) is 0. The molecule has 0 saturated carbocycles. The third-order valence-corrected chi connectivity index (χ3v) is 1.73. The molecule has 2 aromatic heterocycles. The number of H-pyrrole nitrogens is 1. The minimum absolute atomic E-state index is 0.776. The van der Waals surface area contributed by atoms with Crippen LogP contribution in [0.25, 0.3) is 11.4 Å². The van der Waals surface area contributed by atoms with E-state index in [1.54, 1.807) is 6.20 Å². The Morgan fingerprint density at radius 3 is 2.62 bits per heavy atom. The second-order valence-electron chi connectivity index (χ2n) is 2.90. The second-order valence-corrected chi connectivity index (χ2v) is 2.90. The summed E-state index contributed by atoms with van der Waals surface area (Å²) in [6, 6.07) is 3.81. The van der Waals surface area contributed by atoms with Gasteiger partial charge in [0.05, 0.1) is 5.69 Å². The van der Waals surface area contributed by atoms with Crippen molar-refractivity contribution in [3.8, 4) is 11.4 Å². The summed E-state index contributed by atoms with van der Waals surface area (Å²) >= 11 is 0. The predicted molar refractivity (Wildman–Crippen MR) is 49.1 cm³/mol. The van der Waals surface area contributed by atoms with Crippen LogP contribution in [0.15, 0.2) is 18.3 Å². The highest BCUT2D eigenvalue weighted by Crippen LogP contribution is 2.13. The first-order chi connectivity index (χ1) is 6.25. The largest absolute Gasteiger partial charge is 0.285 e. The molecule has 0 spiro atoms. The number of hydrogen-bond acceptors (Lipinski definition) is 3. The first kappa shape index (κ1) is 7.91. The number of nitrogens with one attached hydrogen (secondary N) is 1. The van der Waals surface area contributed by atoms with Crippen LogP contribution >= 0.6 is 0 Å². The lowest BCUT2D eigenvalue weighted by Crippen LogP contribution is -1.93. The van der Waals surface area contributed by atoms with Gasteiger partial charge in [-0.15, -0.1) is 0 Å². The summed E-state index contributed by atoms with van der Waals surface area (Å²) in [5.41, 5.74) is 2.69. The quantitative estimate of drug-likeness (QED) is 0.712. The van der Waals surface area contributed by atoms with Crippen molar-refractivity contribution in [2.75, 3.05) is 0 Å². The van der Waals surface area contributed by atoms with Gasteiger partial charge in [0.2, 0.25) is 0 Å². The maximum Gasteiger partial charge on any atom is 0.126 e. The number of aromatic amines is 1. The van der Waals surface area contributed by atoms with Gasteiger partial charge in [0.1, 0.15) is 11.5 Å². The highest BCUT2D eigenvalue weighted by molar-refractivity contribution is 5.53. The molecule has 0 aliphatic rings. The zero-order valence-electron chi connectivity index (χ0n) is 7.57. The van der Waals surface area contributed by atoms with Crippen molar-refractivity contribution >= 4 is 0 Å². The first-order valence-corrected chi connectivity index (χ1v) is 4.08. The van der Waals surface area contributed by atoms with Crippen molar-refractivity contribution in [2.24, 2.45) is 0 Å². The summed E-state index contributed by atoms with van der Waals surface area (Å²) in [5.74, 6) is 0.776. The molecule has 0 aliphatic carbocycles. The molecule has 0 fully saturated rings. The van der Waals surface area contributed by atoms with Crippen LogP contribution in [0.3, 0.4) is 0 Å². The number of aromatic nitrogens is 4. The monoisotopic (exact) mass is 174 g/mol. The van der Waals surface area contributed by atoms with Gasteiger partial charge in [0.15, 0.2) is 0 Å². The molecule has 0 atom stereocenters. The Morgan fingerprint density at radius 2 is 2.00 bits per heavy atom. The highest BCUT2D eigenvalue weighted by atomic mass is 15.1. The van der Waals surface area contributed by atoms with E-state index in [0.29, 0.717) is 0 Å². The van der Waals surface area contributed by atoms with Crippen molar-refractivity contribution < 1.29 is 0 Å². The summed E-state index contributed by atoms with van der Waals surface area (Å²) in [5, 5.41) is 6.81. The molecular weight excluding hydrogens is 164 g/mol. The van der Waals surface area contributed by atoms with Gasteiger partial charge in [-0.3, -0.25) is 5.10 Å². The Labute approximate surface area is 76.1 Å². The molecule has 0 aromatic carbocycles. The summed E-state index contributed by atoms with van der Waals surface area (Å²) in [4.78, 5) is 8.48. The smallest absolute Gasteiger partial charge is 0.126 e. The average molecular weight is 174 g/mol. The van der Waals surface area contributed by atoms with E-state index in [9.17, 15) is 0 Å². The van der Waals surface area contributed by atoms with Crippen molar-refractivity contribution in [3.05, 3.63) is 29.8 Å². The third-order valence-electron chi connectivity index (χ3n) is 1.73. The van der Waals surface area contributed by atoms with Crippen LogP contribution in [0.4, 0.5) is 0 Å². The van der Waals surface area contributed by atoms with Crippen molar-refractivity contribution in [1.82, 2.24) is 20.2 Å². The van der Waals surface area contributed by atoms with E-state index < -0.39 is 0 Å². The van der Waals surface area contributed by atoms with Crippen LogP contribution in [-0.4, -0.2) is 20.2 Å². The Bertz CT molecular complexity index is 385. The lowest BCUT2D eigenvalue weighted by atomic mass is 10.2. The molecule has 0 aliphatic heterocycles. The minimum atomic E-state index is 0.776. The molecule has 13 heavy (non-hydrogen) atoms. The van der Waals surface area contributed by atoms with Crippen molar-refractivity contribution in [2.45, 2.75) is 13.8 Å². The molecule has 0 bridgehead atoms. The summed E-state index contributed by atoms with van der Waals surface area (Å²) < 4.78 is 0. The molecule has 2 heterocycles. The van der Waals surface area contributed by atoms with Gasteiger partial charge < -0.3 is 0 Å². The molecule has 0 saturated heterocycles. The zero-order valence-corrected chi connectivity index (χ0v) is 7.57. The summed E-state index contributed by atoms with van der Waals surface area (Å²) in [6.45, 7) is 3.83. The van der Waals surface area contributed by atoms with Gasteiger partial charge in [0, 0.05) is 11.9 Å². The number of aryl methyl sites for hydroxylation is 2. The van der Waals surface area contributed by atoms with Crippen LogP contribution in [0.2, 0.25) is 0 Å². The van der Waals surface area contributed by atoms with Gasteiger partial charge in [-0.2, -0.15) is 5.10 Å². The van der Waals surface area contributed by atoms with Gasteiger partial charge in [-0.05, 0) is 26.0 Å². The van der Waals surface area contributed by atoms with Crippen LogP contribution < -0.4 is 0 Å². The molecular formula is C9H10N4. The molecule has 0 amide bonds. The van der Waals surface area contributed by atoms with E-state index >= 15 is 0 Å². The Kier molecular flexibility index (Phi) is 1.81. The standard InChI is InChI=1S/C9H10N4/c1-6-5-9(12-7(2)11-6)8-3-4-10-13-8/h3-5H,1-2H3,(H,10,13). The molecule has 4 heteroatoms. The molecule has 0 radical (unpaired) electrons. The van der Waals surface area contributed by atoms with Gasteiger partial charge >= 0.3 is 0 Å². The second kappa shape index (κ2) is 2.97. The predicted octanol–water partition coefficient (Wildman–Crippen LogP) is 1.48. The number of hydrogen-bond donors (Lipinski definition) is 1. The van der Waals surface area contributed by atoms with Crippen LogP contribution in [0.5, 0.6) is 0 Å². The topological polar surface area (TPSA) is 54.5 Å². The van der Waals surface area contributed by atoms with Crippen LogP contribution in [-0.2, 0) is 0 Å². The molecule has 4 nitrogen and oxygen atoms in total. The van der Waals surface area contributed by atoms with Gasteiger partial charge in [0.25, 0.3) is 0 Å². The number of rotatable bonds is 1. The maximum atomic E-state index is 4.28. The maximum absolute atomic E-state index is 4.28. The van der Waals surface area contributed by atoms with Gasteiger partial charge in [-0.25, -0.2) is 9.97 Å². The van der Waals surface area contributed by atoms with E-state index in [-0.39, 0.29) is 0 Å². The third kappa shape index (κ3) is 1.56. The van der Waals surface area contributed by atoms with E-state index in [1.165, 1.54) is 0 Å². The Morgan fingerprint density at radius 1 is 1.15 bits per heavy atom.